The predicted molar refractivity (Wildman–Crippen MR) is 96.5 cm³/mol. The van der Waals surface area contributed by atoms with Crippen LogP contribution in [0.25, 0.3) is 16.6 Å². The molecule has 0 bridgehead atoms. The van der Waals surface area contributed by atoms with E-state index in [-0.39, 0.29) is 5.56 Å². The van der Waals surface area contributed by atoms with E-state index in [2.05, 4.69) is 15.4 Å². The van der Waals surface area contributed by atoms with Crippen molar-refractivity contribution in [2.24, 2.45) is 0 Å². The van der Waals surface area contributed by atoms with Gasteiger partial charge in [-0.1, -0.05) is 17.7 Å². The molecule has 1 aromatic carbocycles. The number of carbonyl (C=O) groups is 1. The molecule has 0 aliphatic carbocycles. The van der Waals surface area contributed by atoms with Crippen molar-refractivity contribution in [1.29, 1.82) is 0 Å². The summed E-state index contributed by atoms with van der Waals surface area (Å²) in [6.45, 7) is 3.03. The summed E-state index contributed by atoms with van der Waals surface area (Å²) in [4.78, 5) is 23.9. The lowest BCUT2D eigenvalue weighted by molar-refractivity contribution is -0.134. The van der Waals surface area contributed by atoms with Crippen molar-refractivity contribution in [3.63, 3.8) is 0 Å². The molecule has 0 unspecified atom stereocenters. The topological polar surface area (TPSA) is 99.5 Å². The normalized spacial score (nSPS) is 15.1. The number of halogens is 1. The molecule has 7 nitrogen and oxygen atoms in total. The van der Waals surface area contributed by atoms with E-state index in [0.29, 0.717) is 16.6 Å². The highest BCUT2D eigenvalue weighted by Crippen LogP contribution is 2.29. The van der Waals surface area contributed by atoms with Crippen LogP contribution >= 0.6 is 11.6 Å². The Morgan fingerprint density at radius 3 is 2.72 bits per heavy atom. The number of rotatable bonds is 1. The van der Waals surface area contributed by atoms with Crippen molar-refractivity contribution in [3.8, 4) is 0 Å². The molecule has 8 heteroatoms. The number of carboxylic acids is 1. The molecule has 1 saturated heterocycles. The van der Waals surface area contributed by atoms with Gasteiger partial charge in [-0.2, -0.15) is 5.10 Å². The Kier molecular flexibility index (Phi) is 5.06. The highest BCUT2D eigenvalue weighted by Gasteiger charge is 2.21. The molecule has 1 fully saturated rings. The zero-order valence-corrected chi connectivity index (χ0v) is 14.5. The van der Waals surface area contributed by atoms with Crippen LogP contribution in [-0.4, -0.2) is 38.8 Å². The van der Waals surface area contributed by atoms with Crippen molar-refractivity contribution in [3.05, 3.63) is 45.3 Å². The van der Waals surface area contributed by atoms with E-state index in [9.17, 15) is 4.79 Å². The van der Waals surface area contributed by atoms with Gasteiger partial charge in [-0.3, -0.25) is 9.59 Å². The molecule has 1 aliphatic heterocycles. The zero-order chi connectivity index (χ0) is 18.0. The van der Waals surface area contributed by atoms with Gasteiger partial charge in [0.15, 0.2) is 0 Å². The number of nitrogens with one attached hydrogen (secondary N) is 2. The fraction of sp³-hybridized carbons (Fsp3) is 0.353. The molecule has 3 aromatic rings. The number of H-pyrrole nitrogens is 1. The molecule has 4 rings (SSSR count). The zero-order valence-electron chi connectivity index (χ0n) is 13.8. The van der Waals surface area contributed by atoms with Crippen LogP contribution < -0.4 is 10.9 Å². The van der Waals surface area contributed by atoms with E-state index in [1.165, 1.54) is 0 Å². The quantitative estimate of drug-likeness (QED) is 0.617. The predicted octanol–water partition coefficient (Wildman–Crippen LogP) is 2.39. The van der Waals surface area contributed by atoms with E-state index >= 15 is 0 Å². The number of piperidine rings is 1. The number of nitrogens with zero attached hydrogens (tertiary/aromatic N) is 2. The molecule has 0 saturated carbocycles. The molecule has 1 aliphatic rings. The fourth-order valence-electron chi connectivity index (χ4n) is 3.15. The molecule has 0 radical (unpaired) electrons. The van der Waals surface area contributed by atoms with Crippen LogP contribution in [0.3, 0.4) is 0 Å². The number of hydrogen-bond donors (Lipinski definition) is 3. The van der Waals surface area contributed by atoms with Crippen molar-refractivity contribution in [1.82, 2.24) is 19.9 Å². The van der Waals surface area contributed by atoms with Gasteiger partial charge in [0.2, 0.25) is 0 Å². The maximum absolute atomic E-state index is 12.0. The van der Waals surface area contributed by atoms with Crippen LogP contribution in [-0.2, 0) is 4.79 Å². The van der Waals surface area contributed by atoms with Gasteiger partial charge in [0, 0.05) is 18.9 Å². The fourth-order valence-corrected chi connectivity index (χ4v) is 3.41. The number of hydrogen-bond acceptors (Lipinski definition) is 4. The van der Waals surface area contributed by atoms with Crippen LogP contribution in [0.15, 0.2) is 29.1 Å². The third kappa shape index (κ3) is 3.67. The highest BCUT2D eigenvalue weighted by atomic mass is 35.5. The maximum Gasteiger partial charge on any atom is 0.300 e. The van der Waals surface area contributed by atoms with Crippen molar-refractivity contribution in [2.45, 2.75) is 25.7 Å². The number of aromatic nitrogens is 3. The summed E-state index contributed by atoms with van der Waals surface area (Å²) in [6, 6.07) is 7.28. The Balaban J connectivity index is 0.000000415. The number of aliphatic carboxylic acids is 1. The van der Waals surface area contributed by atoms with Crippen LogP contribution in [0.4, 0.5) is 0 Å². The average molecular weight is 363 g/mol. The van der Waals surface area contributed by atoms with Gasteiger partial charge >= 0.3 is 0 Å². The molecule has 0 atom stereocenters. The largest absolute Gasteiger partial charge is 0.481 e. The first-order chi connectivity index (χ1) is 12.0. The Morgan fingerprint density at radius 2 is 2.04 bits per heavy atom. The molecule has 0 spiro atoms. The van der Waals surface area contributed by atoms with Gasteiger partial charge in [-0.15, -0.1) is 0 Å². The average Bonchev–Trinajstić information content (AvgIpc) is 2.94. The van der Waals surface area contributed by atoms with Crippen LogP contribution in [0.2, 0.25) is 5.02 Å². The summed E-state index contributed by atoms with van der Waals surface area (Å²) >= 11 is 6.28. The van der Waals surface area contributed by atoms with Crippen LogP contribution in [0, 0.1) is 0 Å². The minimum absolute atomic E-state index is 0.0993. The van der Waals surface area contributed by atoms with Crippen LogP contribution in [0.5, 0.6) is 0 Å². The minimum Gasteiger partial charge on any atom is -0.481 e. The smallest absolute Gasteiger partial charge is 0.300 e. The number of aromatic amines is 1. The second kappa shape index (κ2) is 7.25. The van der Waals surface area contributed by atoms with E-state index in [1.54, 1.807) is 6.07 Å². The number of benzene rings is 1. The summed E-state index contributed by atoms with van der Waals surface area (Å²) in [6.07, 6.45) is 2.03. The molecule has 132 valence electrons. The summed E-state index contributed by atoms with van der Waals surface area (Å²) in [5.74, 6) is -0.482. The first-order valence-corrected chi connectivity index (χ1v) is 8.45. The number of carboxylic acid groups (broad SMARTS) is 1. The standard InChI is InChI=1S/C15H15ClN4O.C2H4O2/c16-10-2-1-3-11-14(10)15-18-13(21)8-12(20(15)19-11)9-4-6-17-7-5-9;1-2(3)4/h1-3,8-9,17H,4-7H2,(H,18,21);1H3,(H,3,4). The number of fused-ring (bicyclic) bond motifs is 3. The lowest BCUT2D eigenvalue weighted by Gasteiger charge is -2.23. The van der Waals surface area contributed by atoms with Crippen molar-refractivity contribution < 1.29 is 9.90 Å². The molecule has 3 heterocycles. The van der Waals surface area contributed by atoms with Gasteiger partial charge in [0.25, 0.3) is 11.5 Å². The monoisotopic (exact) mass is 362 g/mol. The maximum atomic E-state index is 12.0. The summed E-state index contributed by atoms with van der Waals surface area (Å²) in [7, 11) is 0. The van der Waals surface area contributed by atoms with Gasteiger partial charge in [-0.05, 0) is 38.1 Å². The van der Waals surface area contributed by atoms with Crippen molar-refractivity contribution in [2.75, 3.05) is 13.1 Å². The molecular weight excluding hydrogens is 344 g/mol. The third-order valence-corrected chi connectivity index (χ3v) is 4.49. The van der Waals surface area contributed by atoms with E-state index in [4.69, 9.17) is 21.5 Å². The van der Waals surface area contributed by atoms with E-state index < -0.39 is 5.97 Å². The van der Waals surface area contributed by atoms with Crippen LogP contribution in [0.1, 0.15) is 31.4 Å². The highest BCUT2D eigenvalue weighted by molar-refractivity contribution is 6.36. The Hall–Kier alpha value is -2.38. The first-order valence-electron chi connectivity index (χ1n) is 8.08. The molecular formula is C17H19ClN4O3. The Morgan fingerprint density at radius 1 is 1.36 bits per heavy atom. The lowest BCUT2D eigenvalue weighted by Crippen LogP contribution is -2.28. The third-order valence-electron chi connectivity index (χ3n) is 4.17. The van der Waals surface area contributed by atoms with Gasteiger partial charge < -0.3 is 15.4 Å². The SMILES string of the molecule is CC(=O)O.O=c1cc(C2CCNCC2)n2nc3cccc(Cl)c3c2[nH]1. The second-order valence-corrected chi connectivity index (χ2v) is 6.40. The summed E-state index contributed by atoms with van der Waals surface area (Å²) in [5, 5.41) is 16.8. The minimum atomic E-state index is -0.833. The molecule has 2 aromatic heterocycles. The van der Waals surface area contributed by atoms with Gasteiger partial charge in [-0.25, -0.2) is 4.52 Å². The second-order valence-electron chi connectivity index (χ2n) is 6.00. The van der Waals surface area contributed by atoms with Gasteiger partial charge in [0.05, 0.1) is 21.6 Å². The molecule has 25 heavy (non-hydrogen) atoms. The molecule has 0 amide bonds. The summed E-state index contributed by atoms with van der Waals surface area (Å²) in [5.41, 5.74) is 2.37. The van der Waals surface area contributed by atoms with Gasteiger partial charge in [0.1, 0.15) is 5.65 Å². The lowest BCUT2D eigenvalue weighted by atomic mass is 9.94. The first kappa shape index (κ1) is 17.4. The summed E-state index contributed by atoms with van der Waals surface area (Å²) < 4.78 is 1.86. The van der Waals surface area contributed by atoms with E-state index in [0.717, 1.165) is 49.5 Å². The molecule has 3 N–H and O–H groups in total. The Bertz CT molecular complexity index is 969. The Labute approximate surface area is 148 Å². The van der Waals surface area contributed by atoms with E-state index in [1.807, 2.05) is 22.7 Å². The van der Waals surface area contributed by atoms with Crippen molar-refractivity contribution >= 4 is 34.1 Å².